The molecule has 3 heteroatoms. The van der Waals surface area contributed by atoms with Gasteiger partial charge in [0.15, 0.2) is 0 Å². The van der Waals surface area contributed by atoms with Gasteiger partial charge in [-0.2, -0.15) is 5.26 Å². The van der Waals surface area contributed by atoms with Gasteiger partial charge in [-0.15, -0.1) is 0 Å². The zero-order valence-electron chi connectivity index (χ0n) is 11.4. The van der Waals surface area contributed by atoms with Crippen LogP contribution in [0.1, 0.15) is 44.2 Å². The number of rotatable bonds is 7. The van der Waals surface area contributed by atoms with Gasteiger partial charge in [-0.05, 0) is 54.6 Å². The summed E-state index contributed by atoms with van der Waals surface area (Å²) >= 11 is 1.33. The van der Waals surface area contributed by atoms with Gasteiger partial charge < -0.3 is 4.74 Å². The lowest BCUT2D eigenvalue weighted by molar-refractivity contribution is 0.334. The third-order valence-electron chi connectivity index (χ3n) is 3.03. The van der Waals surface area contributed by atoms with Crippen LogP contribution in [-0.2, 0) is 6.42 Å². The van der Waals surface area contributed by atoms with Crippen molar-refractivity contribution in [3.63, 3.8) is 0 Å². The molecular formula is C15H21NOS. The van der Waals surface area contributed by atoms with E-state index >= 15 is 0 Å². The van der Waals surface area contributed by atoms with Gasteiger partial charge in [0.2, 0.25) is 0 Å². The van der Waals surface area contributed by atoms with Crippen LogP contribution in [0.2, 0.25) is 0 Å². The molecule has 1 aromatic carbocycles. The van der Waals surface area contributed by atoms with Crippen molar-refractivity contribution in [1.82, 2.24) is 0 Å². The number of ether oxygens (including phenoxy) is 1. The number of nitrogens with zero attached hydrogens (tertiary/aromatic N) is 1. The summed E-state index contributed by atoms with van der Waals surface area (Å²) in [4.78, 5) is 0. The van der Waals surface area contributed by atoms with Crippen LogP contribution < -0.4 is 4.74 Å². The van der Waals surface area contributed by atoms with Crippen molar-refractivity contribution in [3.8, 4) is 11.2 Å². The predicted molar refractivity (Wildman–Crippen MR) is 78.1 cm³/mol. The summed E-state index contributed by atoms with van der Waals surface area (Å²) in [6.45, 7) is 7.07. The molecule has 1 unspecified atom stereocenters. The van der Waals surface area contributed by atoms with E-state index in [9.17, 15) is 0 Å². The first-order valence-electron chi connectivity index (χ1n) is 6.49. The molecule has 1 aromatic rings. The summed E-state index contributed by atoms with van der Waals surface area (Å²) in [6.07, 6.45) is 2.05. The monoisotopic (exact) mass is 263 g/mol. The number of hydrogen-bond donors (Lipinski definition) is 0. The molecule has 0 aliphatic carbocycles. The molecule has 0 saturated carbocycles. The summed E-state index contributed by atoms with van der Waals surface area (Å²) in [5, 5.41) is 10.7. The fourth-order valence-electron chi connectivity index (χ4n) is 1.93. The van der Waals surface area contributed by atoms with Gasteiger partial charge >= 0.3 is 0 Å². The summed E-state index contributed by atoms with van der Waals surface area (Å²) in [5.41, 5.74) is 2.61. The van der Waals surface area contributed by atoms with Crippen molar-refractivity contribution in [1.29, 1.82) is 5.26 Å². The number of hydrogen-bond acceptors (Lipinski definition) is 3. The zero-order chi connectivity index (χ0) is 13.4. The van der Waals surface area contributed by atoms with E-state index in [1.165, 1.54) is 22.9 Å². The van der Waals surface area contributed by atoms with Crippen LogP contribution in [0.5, 0.6) is 5.75 Å². The highest BCUT2D eigenvalue weighted by Crippen LogP contribution is 2.31. The average molecular weight is 263 g/mol. The standard InChI is InChI=1S/C15H21NOS/c1-4-13-6-7-15(17-5-2)14(10-13)12(3)8-9-18-11-16/h6-7,10,12H,4-5,8-9H2,1-3H3. The largest absolute Gasteiger partial charge is 0.494 e. The molecular weight excluding hydrogens is 242 g/mol. The van der Waals surface area contributed by atoms with E-state index in [0.717, 1.165) is 24.3 Å². The molecule has 98 valence electrons. The number of aryl methyl sites for hydroxylation is 1. The molecule has 0 radical (unpaired) electrons. The SMILES string of the molecule is CCOc1ccc(CC)cc1C(C)CCSC#N. The Kier molecular flexibility index (Phi) is 6.67. The first-order valence-corrected chi connectivity index (χ1v) is 7.47. The summed E-state index contributed by atoms with van der Waals surface area (Å²) < 4.78 is 5.69. The van der Waals surface area contributed by atoms with Crippen molar-refractivity contribution >= 4 is 11.8 Å². The topological polar surface area (TPSA) is 33.0 Å². The molecule has 0 bridgehead atoms. The van der Waals surface area contributed by atoms with Crippen molar-refractivity contribution < 1.29 is 4.74 Å². The highest BCUT2D eigenvalue weighted by molar-refractivity contribution is 8.03. The van der Waals surface area contributed by atoms with Crippen LogP contribution in [-0.4, -0.2) is 12.4 Å². The van der Waals surface area contributed by atoms with Crippen LogP contribution >= 0.6 is 11.8 Å². The Hall–Kier alpha value is -1.14. The molecule has 0 aliphatic heterocycles. The molecule has 0 amide bonds. The molecule has 0 aliphatic rings. The molecule has 18 heavy (non-hydrogen) atoms. The lowest BCUT2D eigenvalue weighted by atomic mass is 9.95. The normalized spacial score (nSPS) is 11.9. The van der Waals surface area contributed by atoms with Gasteiger partial charge in [0, 0.05) is 5.75 Å². The predicted octanol–water partition coefficient (Wildman–Crippen LogP) is 4.36. The Morgan fingerprint density at radius 1 is 1.39 bits per heavy atom. The van der Waals surface area contributed by atoms with Crippen LogP contribution in [0.4, 0.5) is 0 Å². The second-order valence-electron chi connectivity index (χ2n) is 4.29. The van der Waals surface area contributed by atoms with Crippen LogP contribution in [0.25, 0.3) is 0 Å². The van der Waals surface area contributed by atoms with Gasteiger partial charge in [-0.25, -0.2) is 0 Å². The van der Waals surface area contributed by atoms with Gasteiger partial charge in [0.25, 0.3) is 0 Å². The number of nitriles is 1. The minimum absolute atomic E-state index is 0.430. The fourth-order valence-corrected chi connectivity index (χ4v) is 2.49. The number of thiocyanates is 1. The Morgan fingerprint density at radius 3 is 2.78 bits per heavy atom. The Bertz CT molecular complexity index is 411. The minimum atomic E-state index is 0.430. The van der Waals surface area contributed by atoms with E-state index in [1.807, 2.05) is 6.92 Å². The summed E-state index contributed by atoms with van der Waals surface area (Å²) in [7, 11) is 0. The van der Waals surface area contributed by atoms with Gasteiger partial charge in [-0.1, -0.05) is 26.0 Å². The van der Waals surface area contributed by atoms with E-state index in [2.05, 4.69) is 37.4 Å². The van der Waals surface area contributed by atoms with Crippen molar-refractivity contribution in [2.75, 3.05) is 12.4 Å². The molecule has 1 atom stereocenters. The van der Waals surface area contributed by atoms with Crippen LogP contribution in [0, 0.1) is 10.7 Å². The zero-order valence-corrected chi connectivity index (χ0v) is 12.2. The maximum atomic E-state index is 8.56. The van der Waals surface area contributed by atoms with Gasteiger partial charge in [0.1, 0.15) is 11.2 Å². The van der Waals surface area contributed by atoms with E-state index in [4.69, 9.17) is 10.00 Å². The third-order valence-corrected chi connectivity index (χ3v) is 3.60. The highest BCUT2D eigenvalue weighted by atomic mass is 32.2. The van der Waals surface area contributed by atoms with E-state index < -0.39 is 0 Å². The molecule has 1 rings (SSSR count). The first-order chi connectivity index (χ1) is 8.72. The Labute approximate surface area is 114 Å². The average Bonchev–Trinajstić information content (AvgIpc) is 2.39. The fraction of sp³-hybridized carbons (Fsp3) is 0.533. The van der Waals surface area contributed by atoms with E-state index in [1.54, 1.807) is 0 Å². The Morgan fingerprint density at radius 2 is 2.17 bits per heavy atom. The summed E-state index contributed by atoms with van der Waals surface area (Å²) in [6, 6.07) is 6.45. The molecule has 0 aromatic heterocycles. The number of thioether (sulfide) groups is 1. The number of benzene rings is 1. The molecule has 0 saturated heterocycles. The van der Waals surface area contributed by atoms with Gasteiger partial charge in [0.05, 0.1) is 6.61 Å². The van der Waals surface area contributed by atoms with Crippen molar-refractivity contribution in [3.05, 3.63) is 29.3 Å². The molecule has 0 N–H and O–H groups in total. The Balaban J connectivity index is 2.85. The maximum Gasteiger partial charge on any atom is 0.133 e. The van der Waals surface area contributed by atoms with Crippen molar-refractivity contribution in [2.24, 2.45) is 0 Å². The lowest BCUT2D eigenvalue weighted by Gasteiger charge is -2.17. The lowest BCUT2D eigenvalue weighted by Crippen LogP contribution is -2.02. The minimum Gasteiger partial charge on any atom is -0.494 e. The molecule has 0 fully saturated rings. The second kappa shape index (κ2) is 8.05. The van der Waals surface area contributed by atoms with Gasteiger partial charge in [-0.3, -0.25) is 0 Å². The quantitative estimate of drug-likeness (QED) is 0.541. The second-order valence-corrected chi connectivity index (χ2v) is 5.17. The van der Waals surface area contributed by atoms with E-state index in [-0.39, 0.29) is 0 Å². The van der Waals surface area contributed by atoms with Crippen LogP contribution in [0.15, 0.2) is 18.2 Å². The third kappa shape index (κ3) is 4.27. The summed E-state index contributed by atoms with van der Waals surface area (Å²) in [5.74, 6) is 2.29. The molecule has 0 spiro atoms. The molecule has 0 heterocycles. The highest BCUT2D eigenvalue weighted by Gasteiger charge is 2.12. The smallest absolute Gasteiger partial charge is 0.133 e. The van der Waals surface area contributed by atoms with E-state index in [0.29, 0.717) is 12.5 Å². The van der Waals surface area contributed by atoms with Crippen molar-refractivity contribution in [2.45, 2.75) is 39.5 Å². The van der Waals surface area contributed by atoms with Crippen LogP contribution in [0.3, 0.4) is 0 Å². The maximum absolute atomic E-state index is 8.56. The molecule has 2 nitrogen and oxygen atoms in total. The first kappa shape index (κ1) is 14.9.